The minimum Gasteiger partial charge on any atom is -0.484 e. The maximum atomic E-state index is 11.6. The topological polar surface area (TPSA) is 41.6 Å². The number of carbonyl (C=O) groups excluding carboxylic acids is 1. The number of hydrogen-bond donors (Lipinski definition) is 1. The lowest BCUT2D eigenvalue weighted by atomic mass is 10.3. The van der Waals surface area contributed by atoms with Crippen LogP contribution in [0.3, 0.4) is 0 Å². The van der Waals surface area contributed by atoms with Gasteiger partial charge in [0.05, 0.1) is 10.0 Å². The first kappa shape index (κ1) is 15.4. The molecule has 110 valence electrons. The van der Waals surface area contributed by atoms with E-state index in [2.05, 4.69) is 17.3 Å². The molecule has 20 heavy (non-hydrogen) atoms. The average molecular weight is 317 g/mol. The van der Waals surface area contributed by atoms with Gasteiger partial charge in [-0.15, -0.1) is 0 Å². The van der Waals surface area contributed by atoms with Crippen molar-refractivity contribution in [2.24, 2.45) is 0 Å². The summed E-state index contributed by atoms with van der Waals surface area (Å²) in [5.41, 5.74) is 0. The van der Waals surface area contributed by atoms with Gasteiger partial charge in [-0.25, -0.2) is 0 Å². The molecule has 1 N–H and O–H groups in total. The molecule has 0 radical (unpaired) electrons. The van der Waals surface area contributed by atoms with E-state index in [0.717, 1.165) is 6.54 Å². The highest BCUT2D eigenvalue weighted by molar-refractivity contribution is 6.42. The fourth-order valence-corrected chi connectivity index (χ4v) is 2.12. The van der Waals surface area contributed by atoms with Crippen LogP contribution in [0.25, 0.3) is 0 Å². The molecule has 0 saturated heterocycles. The minimum atomic E-state index is -0.139. The van der Waals surface area contributed by atoms with Gasteiger partial charge in [0.25, 0.3) is 5.91 Å². The molecule has 0 aromatic heterocycles. The Morgan fingerprint density at radius 1 is 1.40 bits per heavy atom. The lowest BCUT2D eigenvalue weighted by molar-refractivity contribution is -0.123. The maximum absolute atomic E-state index is 11.6. The zero-order valence-electron chi connectivity index (χ0n) is 11.4. The number of carbonyl (C=O) groups is 1. The standard InChI is InChI=1S/C14H18Cl2N2O2/c1-18(10-2-3-10)7-6-17-14(19)9-20-11-4-5-12(15)13(16)8-11/h4-5,8,10H,2-3,6-7,9H2,1H3,(H,17,19). The van der Waals surface area contributed by atoms with Crippen LogP contribution in [-0.2, 0) is 4.79 Å². The molecule has 0 bridgehead atoms. The Balaban J connectivity index is 1.65. The van der Waals surface area contributed by atoms with Gasteiger partial charge in [-0.3, -0.25) is 4.79 Å². The molecule has 2 rings (SSSR count). The van der Waals surface area contributed by atoms with E-state index in [-0.39, 0.29) is 12.5 Å². The first-order chi connectivity index (χ1) is 9.56. The van der Waals surface area contributed by atoms with Crippen LogP contribution in [0.4, 0.5) is 0 Å². The van der Waals surface area contributed by atoms with Crippen molar-refractivity contribution in [3.8, 4) is 5.75 Å². The predicted molar refractivity (Wildman–Crippen MR) is 80.6 cm³/mol. The van der Waals surface area contributed by atoms with Crippen LogP contribution in [0.15, 0.2) is 18.2 Å². The largest absolute Gasteiger partial charge is 0.484 e. The molecule has 0 heterocycles. The van der Waals surface area contributed by atoms with Crippen molar-refractivity contribution >= 4 is 29.1 Å². The van der Waals surface area contributed by atoms with Gasteiger partial charge in [-0.1, -0.05) is 23.2 Å². The van der Waals surface area contributed by atoms with Crippen LogP contribution in [0.1, 0.15) is 12.8 Å². The summed E-state index contributed by atoms with van der Waals surface area (Å²) in [6.07, 6.45) is 2.54. The molecule has 1 fully saturated rings. The van der Waals surface area contributed by atoms with Crippen LogP contribution in [-0.4, -0.2) is 43.6 Å². The van der Waals surface area contributed by atoms with Crippen LogP contribution in [0, 0.1) is 0 Å². The van der Waals surface area contributed by atoms with Crippen molar-refractivity contribution in [3.05, 3.63) is 28.2 Å². The van der Waals surface area contributed by atoms with Crippen LogP contribution < -0.4 is 10.1 Å². The lowest BCUT2D eigenvalue weighted by Crippen LogP contribution is -2.36. The van der Waals surface area contributed by atoms with Gasteiger partial charge in [0.2, 0.25) is 0 Å². The van der Waals surface area contributed by atoms with E-state index in [1.807, 2.05) is 0 Å². The molecule has 0 atom stereocenters. The molecule has 6 heteroatoms. The molecule has 0 aliphatic heterocycles. The number of rotatable bonds is 7. The third kappa shape index (κ3) is 4.85. The van der Waals surface area contributed by atoms with Gasteiger partial charge in [0.1, 0.15) is 5.75 Å². The van der Waals surface area contributed by atoms with E-state index < -0.39 is 0 Å². The second-order valence-electron chi connectivity index (χ2n) is 4.93. The second-order valence-corrected chi connectivity index (χ2v) is 5.74. The molecule has 1 aromatic rings. The highest BCUT2D eigenvalue weighted by Gasteiger charge is 2.25. The second kappa shape index (κ2) is 7.16. The van der Waals surface area contributed by atoms with E-state index in [9.17, 15) is 4.79 Å². The molecule has 0 spiro atoms. The van der Waals surface area contributed by atoms with E-state index >= 15 is 0 Å². The van der Waals surface area contributed by atoms with Crippen molar-refractivity contribution in [2.75, 3.05) is 26.7 Å². The van der Waals surface area contributed by atoms with E-state index in [1.54, 1.807) is 18.2 Å². The Kier molecular flexibility index (Phi) is 5.52. The zero-order chi connectivity index (χ0) is 14.5. The molecule has 1 saturated carbocycles. The van der Waals surface area contributed by atoms with E-state index in [0.29, 0.717) is 28.4 Å². The number of amides is 1. The smallest absolute Gasteiger partial charge is 0.257 e. The Morgan fingerprint density at radius 2 is 2.15 bits per heavy atom. The van der Waals surface area contributed by atoms with Gasteiger partial charge in [0.15, 0.2) is 6.61 Å². The summed E-state index contributed by atoms with van der Waals surface area (Å²) in [6, 6.07) is 5.63. The summed E-state index contributed by atoms with van der Waals surface area (Å²) < 4.78 is 5.35. The fourth-order valence-electron chi connectivity index (χ4n) is 1.84. The highest BCUT2D eigenvalue weighted by atomic mass is 35.5. The van der Waals surface area contributed by atoms with Gasteiger partial charge in [-0.05, 0) is 32.0 Å². The number of likely N-dealkylation sites (N-methyl/N-ethyl adjacent to an activating group) is 1. The quantitative estimate of drug-likeness (QED) is 0.840. The van der Waals surface area contributed by atoms with Crippen molar-refractivity contribution < 1.29 is 9.53 Å². The Morgan fingerprint density at radius 3 is 2.80 bits per heavy atom. The number of ether oxygens (including phenoxy) is 1. The first-order valence-corrected chi connectivity index (χ1v) is 7.36. The number of nitrogens with one attached hydrogen (secondary N) is 1. The summed E-state index contributed by atoms with van der Waals surface area (Å²) in [6.45, 7) is 1.48. The molecule has 1 aliphatic carbocycles. The summed E-state index contributed by atoms with van der Waals surface area (Å²) in [7, 11) is 2.08. The van der Waals surface area contributed by atoms with Crippen molar-refractivity contribution in [1.82, 2.24) is 10.2 Å². The third-order valence-electron chi connectivity index (χ3n) is 3.22. The molecule has 1 aromatic carbocycles. The summed E-state index contributed by atoms with van der Waals surface area (Å²) >= 11 is 11.7. The normalized spacial score (nSPS) is 14.4. The third-order valence-corrected chi connectivity index (χ3v) is 3.96. The van der Waals surface area contributed by atoms with Gasteiger partial charge in [0, 0.05) is 25.2 Å². The molecular formula is C14H18Cl2N2O2. The van der Waals surface area contributed by atoms with Crippen LogP contribution in [0.5, 0.6) is 5.75 Å². The highest BCUT2D eigenvalue weighted by Crippen LogP contribution is 2.26. The predicted octanol–water partition coefficient (Wildman–Crippen LogP) is 2.58. The Hall–Kier alpha value is -0.970. The molecule has 4 nitrogen and oxygen atoms in total. The zero-order valence-corrected chi connectivity index (χ0v) is 12.9. The van der Waals surface area contributed by atoms with Crippen molar-refractivity contribution in [1.29, 1.82) is 0 Å². The summed E-state index contributed by atoms with van der Waals surface area (Å²) in [4.78, 5) is 13.9. The number of benzene rings is 1. The monoisotopic (exact) mass is 316 g/mol. The van der Waals surface area contributed by atoms with Gasteiger partial charge >= 0.3 is 0 Å². The summed E-state index contributed by atoms with van der Waals surface area (Å²) in [5, 5.41) is 3.70. The molecular weight excluding hydrogens is 299 g/mol. The summed E-state index contributed by atoms with van der Waals surface area (Å²) in [5.74, 6) is 0.393. The van der Waals surface area contributed by atoms with Crippen LogP contribution >= 0.6 is 23.2 Å². The van der Waals surface area contributed by atoms with Crippen LogP contribution in [0.2, 0.25) is 10.0 Å². The van der Waals surface area contributed by atoms with Crippen molar-refractivity contribution in [3.63, 3.8) is 0 Å². The average Bonchev–Trinajstić information content (AvgIpc) is 3.24. The van der Waals surface area contributed by atoms with Crippen molar-refractivity contribution in [2.45, 2.75) is 18.9 Å². The Bertz CT molecular complexity index is 478. The van der Waals surface area contributed by atoms with E-state index in [1.165, 1.54) is 12.8 Å². The molecule has 0 unspecified atom stereocenters. The lowest BCUT2D eigenvalue weighted by Gasteiger charge is -2.15. The number of nitrogens with zero attached hydrogens (tertiary/aromatic N) is 1. The minimum absolute atomic E-state index is 0.0227. The number of hydrogen-bond acceptors (Lipinski definition) is 3. The van der Waals surface area contributed by atoms with Gasteiger partial charge in [-0.2, -0.15) is 0 Å². The van der Waals surface area contributed by atoms with E-state index in [4.69, 9.17) is 27.9 Å². The SMILES string of the molecule is CN(CCNC(=O)COc1ccc(Cl)c(Cl)c1)C1CC1. The maximum Gasteiger partial charge on any atom is 0.257 e. The number of halogens is 2. The Labute approximate surface area is 129 Å². The molecule has 1 aliphatic rings. The fraction of sp³-hybridized carbons (Fsp3) is 0.500. The molecule has 1 amide bonds. The first-order valence-electron chi connectivity index (χ1n) is 6.61. The van der Waals surface area contributed by atoms with Gasteiger partial charge < -0.3 is 15.0 Å².